The van der Waals surface area contributed by atoms with Crippen molar-refractivity contribution in [3.05, 3.63) is 24.3 Å². The van der Waals surface area contributed by atoms with Crippen molar-refractivity contribution in [2.24, 2.45) is 17.8 Å². The standard InChI is InChI=1S/C17H26O3/c1-5-6-7-8-9-13(3)17(20-14(4)18)16-12(2)10-11-15(16)19/h5-8,12-13,16-17H,9-11H2,1-4H3/b6-5+,8-7+/t12?,13-,16-,17-/m1/s1/i1D3. The molecule has 1 aliphatic carbocycles. The highest BCUT2D eigenvalue weighted by Crippen LogP contribution is 2.36. The van der Waals surface area contributed by atoms with E-state index in [2.05, 4.69) is 0 Å². The second-order valence-electron chi connectivity index (χ2n) is 5.58. The summed E-state index contributed by atoms with van der Waals surface area (Å²) < 4.78 is 26.7. The van der Waals surface area contributed by atoms with Crippen LogP contribution in [0.4, 0.5) is 0 Å². The first-order valence-corrected chi connectivity index (χ1v) is 7.16. The predicted molar refractivity (Wildman–Crippen MR) is 80.2 cm³/mol. The molecule has 20 heavy (non-hydrogen) atoms. The van der Waals surface area contributed by atoms with E-state index in [0.29, 0.717) is 12.8 Å². The Hall–Kier alpha value is -1.38. The molecule has 1 aliphatic rings. The molecule has 1 rings (SSSR count). The van der Waals surface area contributed by atoms with Gasteiger partial charge < -0.3 is 4.74 Å². The van der Waals surface area contributed by atoms with E-state index in [4.69, 9.17) is 8.85 Å². The minimum absolute atomic E-state index is 0.00851. The molecule has 0 amide bonds. The molecule has 0 aromatic rings. The van der Waals surface area contributed by atoms with Gasteiger partial charge in [-0.1, -0.05) is 38.2 Å². The molecule has 3 heteroatoms. The lowest BCUT2D eigenvalue weighted by atomic mass is 9.83. The van der Waals surface area contributed by atoms with Gasteiger partial charge in [-0.2, -0.15) is 0 Å². The van der Waals surface area contributed by atoms with Crippen molar-refractivity contribution in [1.29, 1.82) is 0 Å². The second-order valence-corrected chi connectivity index (χ2v) is 5.58. The Morgan fingerprint density at radius 3 is 2.85 bits per heavy atom. The van der Waals surface area contributed by atoms with Crippen LogP contribution < -0.4 is 0 Å². The van der Waals surface area contributed by atoms with Crippen molar-refractivity contribution in [3.63, 3.8) is 0 Å². The fraction of sp³-hybridized carbons (Fsp3) is 0.647. The molecule has 0 heterocycles. The van der Waals surface area contributed by atoms with Crippen molar-refractivity contribution in [1.82, 2.24) is 0 Å². The first-order valence-electron chi connectivity index (χ1n) is 8.66. The summed E-state index contributed by atoms with van der Waals surface area (Å²) in [5.41, 5.74) is 0. The fourth-order valence-corrected chi connectivity index (χ4v) is 2.84. The number of allylic oxidation sites excluding steroid dienone is 4. The Bertz CT molecular complexity index is 480. The SMILES string of the molecule is [2H]C([2H])([2H])/C=C/C=C/C[C@@H](C)[C@@H](OC(C)=O)[C@H]1C(=O)CCC1C. The summed E-state index contributed by atoms with van der Waals surface area (Å²) in [5, 5.41) is 0. The number of esters is 1. The zero-order valence-corrected chi connectivity index (χ0v) is 12.5. The van der Waals surface area contributed by atoms with Gasteiger partial charge >= 0.3 is 5.97 Å². The van der Waals surface area contributed by atoms with Gasteiger partial charge in [-0.15, -0.1) is 0 Å². The Morgan fingerprint density at radius 2 is 2.30 bits per heavy atom. The minimum atomic E-state index is -2.08. The largest absolute Gasteiger partial charge is 0.461 e. The predicted octanol–water partition coefficient (Wildman–Crippen LogP) is 3.69. The quantitative estimate of drug-likeness (QED) is 0.551. The van der Waals surface area contributed by atoms with Gasteiger partial charge in [0, 0.05) is 17.5 Å². The second kappa shape index (κ2) is 8.03. The van der Waals surface area contributed by atoms with E-state index in [-0.39, 0.29) is 29.5 Å². The van der Waals surface area contributed by atoms with Gasteiger partial charge in [0.25, 0.3) is 0 Å². The van der Waals surface area contributed by atoms with Crippen molar-refractivity contribution in [2.45, 2.75) is 53.0 Å². The molecule has 1 fully saturated rings. The van der Waals surface area contributed by atoms with Gasteiger partial charge in [0.2, 0.25) is 0 Å². The van der Waals surface area contributed by atoms with E-state index in [9.17, 15) is 9.59 Å². The highest BCUT2D eigenvalue weighted by atomic mass is 16.5. The zero-order chi connectivity index (χ0) is 17.6. The molecule has 0 bridgehead atoms. The number of carbonyl (C=O) groups is 2. The molecule has 4 atom stereocenters. The fourth-order valence-electron chi connectivity index (χ4n) is 2.84. The van der Waals surface area contributed by atoms with Gasteiger partial charge in [0.15, 0.2) is 0 Å². The summed E-state index contributed by atoms with van der Waals surface area (Å²) in [6.07, 6.45) is 7.73. The number of ether oxygens (including phenoxy) is 1. The van der Waals surface area contributed by atoms with Gasteiger partial charge in [-0.3, -0.25) is 9.59 Å². The average molecular weight is 281 g/mol. The van der Waals surface area contributed by atoms with Crippen LogP contribution in [-0.2, 0) is 14.3 Å². The average Bonchev–Trinajstić information content (AvgIpc) is 2.73. The molecule has 0 aromatic heterocycles. The molecule has 112 valence electrons. The van der Waals surface area contributed by atoms with Crippen LogP contribution in [0.5, 0.6) is 0 Å². The Kier molecular flexibility index (Phi) is 4.97. The van der Waals surface area contributed by atoms with Gasteiger partial charge in [0.05, 0.1) is 5.92 Å². The number of Topliss-reactive ketones (excluding diaryl/α,β-unsaturated/α-hetero) is 1. The highest BCUT2D eigenvalue weighted by molar-refractivity contribution is 5.84. The van der Waals surface area contributed by atoms with Crippen molar-refractivity contribution in [2.75, 3.05) is 0 Å². The third-order valence-corrected chi connectivity index (χ3v) is 3.90. The van der Waals surface area contributed by atoms with Crippen LogP contribution >= 0.6 is 0 Å². The van der Waals surface area contributed by atoms with Gasteiger partial charge in [-0.25, -0.2) is 0 Å². The highest BCUT2D eigenvalue weighted by Gasteiger charge is 2.41. The van der Waals surface area contributed by atoms with Gasteiger partial charge in [0.1, 0.15) is 11.9 Å². The summed E-state index contributed by atoms with van der Waals surface area (Å²) >= 11 is 0. The lowest BCUT2D eigenvalue weighted by Gasteiger charge is -2.30. The number of carbonyl (C=O) groups excluding carboxylic acids is 2. The molecule has 0 aliphatic heterocycles. The molecule has 3 nitrogen and oxygen atoms in total. The molecule has 1 unspecified atom stereocenters. The number of hydrogen-bond donors (Lipinski definition) is 0. The van der Waals surface area contributed by atoms with Crippen molar-refractivity contribution >= 4 is 11.8 Å². The van der Waals surface area contributed by atoms with Crippen LogP contribution in [-0.4, -0.2) is 17.9 Å². The summed E-state index contributed by atoms with van der Waals surface area (Å²) in [6.45, 7) is 3.25. The molecule has 0 aromatic carbocycles. The van der Waals surface area contributed by atoms with Crippen LogP contribution in [0.25, 0.3) is 0 Å². The monoisotopic (exact) mass is 281 g/mol. The molecular weight excluding hydrogens is 252 g/mol. The number of rotatable bonds is 6. The van der Waals surface area contributed by atoms with E-state index in [1.165, 1.54) is 13.0 Å². The van der Waals surface area contributed by atoms with Crippen molar-refractivity contribution in [3.8, 4) is 0 Å². The normalized spacial score (nSPS) is 29.1. The van der Waals surface area contributed by atoms with Crippen LogP contribution in [0.3, 0.4) is 0 Å². The molecule has 0 saturated heterocycles. The van der Waals surface area contributed by atoms with E-state index in [1.807, 2.05) is 19.9 Å². The third kappa shape index (κ3) is 4.62. The Morgan fingerprint density at radius 1 is 1.55 bits per heavy atom. The topological polar surface area (TPSA) is 43.4 Å². The number of ketones is 1. The van der Waals surface area contributed by atoms with E-state index >= 15 is 0 Å². The molecular formula is C17H26O3. The first kappa shape index (κ1) is 12.4. The third-order valence-electron chi connectivity index (χ3n) is 3.90. The van der Waals surface area contributed by atoms with E-state index in [1.54, 1.807) is 6.08 Å². The first-order chi connectivity index (χ1) is 10.6. The molecule has 1 saturated carbocycles. The van der Waals surface area contributed by atoms with Crippen LogP contribution in [0.2, 0.25) is 0 Å². The minimum Gasteiger partial charge on any atom is -0.461 e. The zero-order valence-electron chi connectivity index (χ0n) is 15.5. The van der Waals surface area contributed by atoms with Crippen LogP contribution in [0.15, 0.2) is 24.3 Å². The number of hydrogen-bond acceptors (Lipinski definition) is 3. The maximum Gasteiger partial charge on any atom is 0.302 e. The Balaban J connectivity index is 2.71. The maximum atomic E-state index is 12.1. The summed E-state index contributed by atoms with van der Waals surface area (Å²) in [7, 11) is 0. The van der Waals surface area contributed by atoms with E-state index in [0.717, 1.165) is 12.5 Å². The van der Waals surface area contributed by atoms with Crippen LogP contribution in [0, 0.1) is 17.8 Å². The smallest absolute Gasteiger partial charge is 0.302 e. The molecule has 0 radical (unpaired) electrons. The summed E-state index contributed by atoms with van der Waals surface area (Å²) in [6, 6.07) is 0. The lowest BCUT2D eigenvalue weighted by molar-refractivity contribution is -0.154. The molecule has 0 spiro atoms. The van der Waals surface area contributed by atoms with Crippen molar-refractivity contribution < 1.29 is 18.4 Å². The maximum absolute atomic E-state index is 12.1. The summed E-state index contributed by atoms with van der Waals surface area (Å²) in [4.78, 5) is 23.5. The summed E-state index contributed by atoms with van der Waals surface area (Å²) in [5.74, 6) is -0.235. The van der Waals surface area contributed by atoms with Gasteiger partial charge in [-0.05, 0) is 31.5 Å². The Labute approximate surface area is 126 Å². The lowest BCUT2D eigenvalue weighted by Crippen LogP contribution is -2.37. The van der Waals surface area contributed by atoms with E-state index < -0.39 is 13.0 Å². The molecule has 0 N–H and O–H groups in total. The van der Waals surface area contributed by atoms with Crippen LogP contribution in [0.1, 0.15) is 51.0 Å².